The predicted molar refractivity (Wildman–Crippen MR) is 78.7 cm³/mol. The number of nitrogens with one attached hydrogen (secondary N) is 2. The summed E-state index contributed by atoms with van der Waals surface area (Å²) in [6.07, 6.45) is -0.420. The Kier molecular flexibility index (Phi) is 4.35. The van der Waals surface area contributed by atoms with Crippen molar-refractivity contribution in [2.45, 2.75) is 38.8 Å². The maximum atomic E-state index is 12.2. The molecule has 0 unspecified atom stereocenters. The number of imide groups is 1. The average Bonchev–Trinajstić information content (AvgIpc) is 2.72. The van der Waals surface area contributed by atoms with Crippen LogP contribution in [0.5, 0.6) is 5.75 Å². The van der Waals surface area contributed by atoms with Gasteiger partial charge in [0.15, 0.2) is 6.10 Å². The zero-order chi connectivity index (χ0) is 16.3. The molecule has 7 nitrogen and oxygen atoms in total. The van der Waals surface area contributed by atoms with Gasteiger partial charge in [-0.05, 0) is 32.4 Å². The number of benzene rings is 1. The van der Waals surface area contributed by atoms with Crippen molar-refractivity contribution in [2.75, 3.05) is 0 Å². The van der Waals surface area contributed by atoms with Crippen molar-refractivity contribution in [1.82, 2.24) is 15.8 Å². The predicted octanol–water partition coefficient (Wildman–Crippen LogP) is 1.21. The van der Waals surface area contributed by atoms with Gasteiger partial charge in [-0.15, -0.1) is 0 Å². The van der Waals surface area contributed by atoms with Gasteiger partial charge in [-0.1, -0.05) is 25.1 Å². The molecule has 1 fully saturated rings. The zero-order valence-corrected chi connectivity index (χ0v) is 12.8. The first-order valence-electron chi connectivity index (χ1n) is 7.06. The lowest BCUT2D eigenvalue weighted by Gasteiger charge is -2.21. The third kappa shape index (κ3) is 3.03. The Morgan fingerprint density at radius 2 is 2.00 bits per heavy atom. The molecule has 1 aliphatic heterocycles. The molecule has 2 rings (SSSR count). The van der Waals surface area contributed by atoms with Crippen molar-refractivity contribution in [3.8, 4) is 5.75 Å². The number of rotatable bonds is 5. The van der Waals surface area contributed by atoms with E-state index < -0.39 is 29.5 Å². The second-order valence-corrected chi connectivity index (χ2v) is 5.31. The van der Waals surface area contributed by atoms with Gasteiger partial charge in [0, 0.05) is 0 Å². The number of amides is 4. The Balaban J connectivity index is 2.00. The maximum absolute atomic E-state index is 12.2. The van der Waals surface area contributed by atoms with E-state index in [9.17, 15) is 14.4 Å². The minimum Gasteiger partial charge on any atom is -0.481 e. The lowest BCUT2D eigenvalue weighted by Crippen LogP contribution is -2.51. The molecular formula is C15H19N3O4. The van der Waals surface area contributed by atoms with Crippen LogP contribution < -0.4 is 15.5 Å². The Hall–Kier alpha value is -2.57. The highest BCUT2D eigenvalue weighted by Gasteiger charge is 2.47. The first-order chi connectivity index (χ1) is 10.4. The van der Waals surface area contributed by atoms with Crippen LogP contribution in [0.1, 0.15) is 27.2 Å². The average molecular weight is 305 g/mol. The van der Waals surface area contributed by atoms with E-state index in [0.717, 1.165) is 0 Å². The fraction of sp³-hybridized carbons (Fsp3) is 0.400. The van der Waals surface area contributed by atoms with E-state index in [1.165, 1.54) is 0 Å². The first-order valence-corrected chi connectivity index (χ1v) is 7.06. The summed E-state index contributed by atoms with van der Waals surface area (Å²) in [6.45, 7) is 4.94. The van der Waals surface area contributed by atoms with Crippen molar-refractivity contribution in [3.05, 3.63) is 30.3 Å². The van der Waals surface area contributed by atoms with Gasteiger partial charge in [0.2, 0.25) is 0 Å². The van der Waals surface area contributed by atoms with Crippen LogP contribution in [-0.4, -0.2) is 34.5 Å². The Labute approximate surface area is 128 Å². The van der Waals surface area contributed by atoms with Crippen LogP contribution in [0.25, 0.3) is 0 Å². The number of hydrogen-bond acceptors (Lipinski definition) is 4. The molecule has 0 radical (unpaired) electrons. The van der Waals surface area contributed by atoms with E-state index in [-0.39, 0.29) is 0 Å². The third-order valence-corrected chi connectivity index (χ3v) is 3.62. The summed E-state index contributed by atoms with van der Waals surface area (Å²) in [5.41, 5.74) is 1.30. The van der Waals surface area contributed by atoms with Crippen LogP contribution >= 0.6 is 0 Å². The molecule has 0 aliphatic carbocycles. The normalized spacial score (nSPS) is 22.2. The molecule has 0 spiro atoms. The lowest BCUT2D eigenvalue weighted by atomic mass is 10.00. The van der Waals surface area contributed by atoms with Crippen LogP contribution in [0.3, 0.4) is 0 Å². The highest BCUT2D eigenvalue weighted by atomic mass is 16.5. The first kappa shape index (κ1) is 15.8. The van der Waals surface area contributed by atoms with Gasteiger partial charge >= 0.3 is 6.03 Å². The maximum Gasteiger partial charge on any atom is 0.344 e. The summed E-state index contributed by atoms with van der Waals surface area (Å²) in [7, 11) is 0. The summed E-state index contributed by atoms with van der Waals surface area (Å²) in [4.78, 5) is 36.1. The Morgan fingerprint density at radius 3 is 2.55 bits per heavy atom. The second kappa shape index (κ2) is 6.05. The number of carbonyl (C=O) groups excluding carboxylic acids is 3. The van der Waals surface area contributed by atoms with Gasteiger partial charge in [0.1, 0.15) is 11.3 Å². The van der Waals surface area contributed by atoms with Crippen LogP contribution in [0.15, 0.2) is 30.3 Å². The minimum absolute atomic E-state index is 0.431. The van der Waals surface area contributed by atoms with Crippen LogP contribution in [0.4, 0.5) is 4.79 Å². The van der Waals surface area contributed by atoms with E-state index in [1.807, 2.05) is 6.07 Å². The molecule has 0 saturated carbocycles. The number of carbonyl (C=O) groups is 3. The van der Waals surface area contributed by atoms with Crippen molar-refractivity contribution in [2.24, 2.45) is 0 Å². The molecule has 4 amide bonds. The van der Waals surface area contributed by atoms with E-state index in [0.29, 0.717) is 17.2 Å². The zero-order valence-electron chi connectivity index (χ0n) is 12.8. The Morgan fingerprint density at radius 1 is 1.36 bits per heavy atom. The van der Waals surface area contributed by atoms with Crippen molar-refractivity contribution < 1.29 is 19.1 Å². The van der Waals surface area contributed by atoms with E-state index >= 15 is 0 Å². The summed E-state index contributed by atoms with van der Waals surface area (Å²) in [5.74, 6) is -0.534. The number of ether oxygens (including phenoxy) is 1. The molecule has 118 valence electrons. The molecule has 1 saturated heterocycles. The number of para-hydroxylation sites is 1. The van der Waals surface area contributed by atoms with Gasteiger partial charge in [0.25, 0.3) is 11.8 Å². The molecule has 0 aromatic heterocycles. The highest BCUT2D eigenvalue weighted by molar-refractivity contribution is 6.07. The molecule has 2 atom stereocenters. The Bertz CT molecular complexity index is 590. The minimum atomic E-state index is -0.992. The lowest BCUT2D eigenvalue weighted by molar-refractivity contribution is -0.141. The van der Waals surface area contributed by atoms with Crippen LogP contribution in [-0.2, 0) is 9.59 Å². The summed E-state index contributed by atoms with van der Waals surface area (Å²) >= 11 is 0. The van der Waals surface area contributed by atoms with Crippen molar-refractivity contribution in [1.29, 1.82) is 0 Å². The third-order valence-electron chi connectivity index (χ3n) is 3.62. The standard InChI is InChI=1S/C15H19N3O4/c1-4-15(3)13(20)18(14(21)16-15)17-12(19)10(2)22-11-8-6-5-7-9-11/h5-10H,4H2,1-3H3,(H,16,21)(H,17,19)/t10-,15+/m1/s1. The van der Waals surface area contributed by atoms with Gasteiger partial charge in [-0.3, -0.25) is 15.0 Å². The molecule has 22 heavy (non-hydrogen) atoms. The van der Waals surface area contributed by atoms with Gasteiger partial charge in [0.05, 0.1) is 0 Å². The molecule has 1 heterocycles. The summed E-state index contributed by atoms with van der Waals surface area (Å²) in [5, 5.41) is 3.26. The fourth-order valence-electron chi connectivity index (χ4n) is 1.98. The molecule has 1 aromatic rings. The van der Waals surface area contributed by atoms with Gasteiger partial charge in [-0.25, -0.2) is 4.79 Å². The molecule has 7 heteroatoms. The van der Waals surface area contributed by atoms with E-state index in [4.69, 9.17) is 4.74 Å². The van der Waals surface area contributed by atoms with Crippen LogP contribution in [0.2, 0.25) is 0 Å². The summed E-state index contributed by atoms with van der Waals surface area (Å²) < 4.78 is 5.45. The van der Waals surface area contributed by atoms with Crippen molar-refractivity contribution in [3.63, 3.8) is 0 Å². The molecule has 2 N–H and O–H groups in total. The second-order valence-electron chi connectivity index (χ2n) is 5.31. The smallest absolute Gasteiger partial charge is 0.344 e. The SMILES string of the molecule is CC[C@]1(C)NC(=O)N(NC(=O)[C@@H](C)Oc2ccccc2)C1=O. The highest BCUT2D eigenvalue weighted by Crippen LogP contribution is 2.19. The number of nitrogens with zero attached hydrogens (tertiary/aromatic N) is 1. The largest absolute Gasteiger partial charge is 0.481 e. The molecular weight excluding hydrogens is 286 g/mol. The monoisotopic (exact) mass is 305 g/mol. The number of hydrazine groups is 1. The van der Waals surface area contributed by atoms with Gasteiger partial charge < -0.3 is 10.1 Å². The fourth-order valence-corrected chi connectivity index (χ4v) is 1.98. The van der Waals surface area contributed by atoms with Crippen molar-refractivity contribution >= 4 is 17.8 Å². The molecule has 1 aliphatic rings. The quantitative estimate of drug-likeness (QED) is 0.800. The molecule has 0 bridgehead atoms. The van der Waals surface area contributed by atoms with Gasteiger partial charge in [-0.2, -0.15) is 5.01 Å². The topological polar surface area (TPSA) is 87.7 Å². The molecule has 1 aromatic carbocycles. The van der Waals surface area contributed by atoms with E-state index in [1.54, 1.807) is 45.0 Å². The number of urea groups is 1. The number of hydrogen-bond donors (Lipinski definition) is 2. The van der Waals surface area contributed by atoms with Crippen LogP contribution in [0, 0.1) is 0 Å². The van der Waals surface area contributed by atoms with E-state index in [2.05, 4.69) is 10.7 Å². The summed E-state index contributed by atoms with van der Waals surface area (Å²) in [6, 6.07) is 8.18.